The molecule has 17 heavy (non-hydrogen) atoms. The number of rotatable bonds is 4. The summed E-state index contributed by atoms with van der Waals surface area (Å²) in [5.41, 5.74) is 6.40. The van der Waals surface area contributed by atoms with Crippen LogP contribution in [0.4, 0.5) is 16.2 Å². The molecule has 0 saturated carbocycles. The standard InChI is InChI=1S/C11H15N3O3/c1-17-11(16)14-9-4-2-3-8(7-9)13-10(15)5-6-12/h2-4,7H,5-6,12H2,1H3,(H,13,15)(H,14,16). The lowest BCUT2D eigenvalue weighted by Crippen LogP contribution is -2.16. The molecular weight excluding hydrogens is 222 g/mol. The predicted octanol–water partition coefficient (Wildman–Crippen LogP) is 1.15. The van der Waals surface area contributed by atoms with E-state index < -0.39 is 6.09 Å². The van der Waals surface area contributed by atoms with E-state index in [1.807, 2.05) is 0 Å². The van der Waals surface area contributed by atoms with Gasteiger partial charge < -0.3 is 15.8 Å². The van der Waals surface area contributed by atoms with Gasteiger partial charge in [0.1, 0.15) is 0 Å². The molecule has 0 aliphatic heterocycles. The van der Waals surface area contributed by atoms with Crippen LogP contribution in [0.15, 0.2) is 24.3 Å². The number of nitrogens with two attached hydrogens (primary N) is 1. The number of hydrogen-bond donors (Lipinski definition) is 3. The second-order valence-electron chi connectivity index (χ2n) is 3.28. The third-order valence-electron chi connectivity index (χ3n) is 1.95. The van der Waals surface area contributed by atoms with Crippen LogP contribution in [0.3, 0.4) is 0 Å². The van der Waals surface area contributed by atoms with E-state index in [1.54, 1.807) is 24.3 Å². The van der Waals surface area contributed by atoms with Gasteiger partial charge in [-0.25, -0.2) is 4.79 Å². The Morgan fingerprint density at radius 1 is 1.29 bits per heavy atom. The number of nitrogens with one attached hydrogen (secondary N) is 2. The van der Waals surface area contributed by atoms with Gasteiger partial charge in [0.15, 0.2) is 0 Å². The fourth-order valence-electron chi connectivity index (χ4n) is 1.20. The summed E-state index contributed by atoms with van der Waals surface area (Å²) in [6.45, 7) is 0.298. The van der Waals surface area contributed by atoms with Crippen LogP contribution in [0.1, 0.15) is 6.42 Å². The fraction of sp³-hybridized carbons (Fsp3) is 0.273. The molecule has 1 aromatic carbocycles. The Labute approximate surface area is 99.1 Å². The molecule has 0 radical (unpaired) electrons. The Hall–Kier alpha value is -2.08. The van der Waals surface area contributed by atoms with E-state index in [2.05, 4.69) is 15.4 Å². The maximum atomic E-state index is 11.3. The van der Waals surface area contributed by atoms with Gasteiger partial charge in [0.2, 0.25) is 5.91 Å². The van der Waals surface area contributed by atoms with Crippen molar-refractivity contribution in [1.82, 2.24) is 0 Å². The summed E-state index contributed by atoms with van der Waals surface area (Å²) in [5, 5.41) is 5.16. The maximum Gasteiger partial charge on any atom is 0.411 e. The van der Waals surface area contributed by atoms with Gasteiger partial charge in [-0.05, 0) is 18.2 Å². The zero-order valence-electron chi connectivity index (χ0n) is 9.53. The molecule has 0 spiro atoms. The number of hydrogen-bond acceptors (Lipinski definition) is 4. The number of anilines is 2. The number of carbonyl (C=O) groups is 2. The lowest BCUT2D eigenvalue weighted by Gasteiger charge is -2.07. The molecule has 6 heteroatoms. The van der Waals surface area contributed by atoms with Crippen molar-refractivity contribution in [3.05, 3.63) is 24.3 Å². The zero-order valence-corrected chi connectivity index (χ0v) is 9.53. The molecule has 1 rings (SSSR count). The first kappa shape index (κ1) is 13.0. The lowest BCUT2D eigenvalue weighted by molar-refractivity contribution is -0.116. The highest BCUT2D eigenvalue weighted by Gasteiger charge is 2.03. The van der Waals surface area contributed by atoms with Gasteiger partial charge in [-0.1, -0.05) is 6.07 Å². The molecule has 0 bridgehead atoms. The Kier molecular flexibility index (Phi) is 4.96. The average molecular weight is 237 g/mol. The Bertz CT molecular complexity index is 407. The molecule has 1 aromatic rings. The number of ether oxygens (including phenoxy) is 1. The summed E-state index contributed by atoms with van der Waals surface area (Å²) in [7, 11) is 1.28. The number of amides is 2. The molecule has 2 amide bonds. The van der Waals surface area contributed by atoms with E-state index in [4.69, 9.17) is 5.73 Å². The maximum absolute atomic E-state index is 11.3. The van der Waals surface area contributed by atoms with Crippen molar-refractivity contribution in [3.63, 3.8) is 0 Å². The van der Waals surface area contributed by atoms with E-state index in [-0.39, 0.29) is 12.3 Å². The van der Waals surface area contributed by atoms with E-state index in [9.17, 15) is 9.59 Å². The van der Waals surface area contributed by atoms with Gasteiger partial charge in [0.25, 0.3) is 0 Å². The largest absolute Gasteiger partial charge is 0.453 e. The van der Waals surface area contributed by atoms with Crippen molar-refractivity contribution < 1.29 is 14.3 Å². The third-order valence-corrected chi connectivity index (χ3v) is 1.95. The fourth-order valence-corrected chi connectivity index (χ4v) is 1.20. The van der Waals surface area contributed by atoms with Crippen LogP contribution in [-0.4, -0.2) is 25.7 Å². The molecule has 0 heterocycles. The van der Waals surface area contributed by atoms with Crippen molar-refractivity contribution in [3.8, 4) is 0 Å². The molecule has 0 saturated heterocycles. The van der Waals surface area contributed by atoms with Crippen LogP contribution < -0.4 is 16.4 Å². The van der Waals surface area contributed by atoms with Crippen LogP contribution in [0, 0.1) is 0 Å². The molecule has 0 unspecified atom stereocenters. The van der Waals surface area contributed by atoms with Crippen molar-refractivity contribution in [2.24, 2.45) is 5.73 Å². The first-order chi connectivity index (χ1) is 8.15. The topological polar surface area (TPSA) is 93.5 Å². The summed E-state index contributed by atoms with van der Waals surface area (Å²) in [4.78, 5) is 22.3. The van der Waals surface area contributed by atoms with Gasteiger partial charge in [0, 0.05) is 24.3 Å². The van der Waals surface area contributed by atoms with Gasteiger partial charge in [-0.3, -0.25) is 10.1 Å². The Balaban J connectivity index is 2.65. The molecule has 92 valence electrons. The Morgan fingerprint density at radius 2 is 1.94 bits per heavy atom. The van der Waals surface area contributed by atoms with E-state index in [0.29, 0.717) is 17.9 Å². The van der Waals surface area contributed by atoms with Crippen LogP contribution in [-0.2, 0) is 9.53 Å². The minimum absolute atomic E-state index is 0.164. The summed E-state index contributed by atoms with van der Waals surface area (Å²) >= 11 is 0. The number of carbonyl (C=O) groups excluding carboxylic acids is 2. The molecular formula is C11H15N3O3. The summed E-state index contributed by atoms with van der Waals surface area (Å²) in [5.74, 6) is -0.164. The normalized spacial score (nSPS) is 9.53. The zero-order chi connectivity index (χ0) is 12.7. The highest BCUT2D eigenvalue weighted by molar-refractivity contribution is 5.92. The van der Waals surface area contributed by atoms with E-state index in [1.165, 1.54) is 7.11 Å². The monoisotopic (exact) mass is 237 g/mol. The molecule has 4 N–H and O–H groups in total. The number of benzene rings is 1. The minimum atomic E-state index is -0.560. The summed E-state index contributed by atoms with van der Waals surface area (Å²) in [6.07, 6.45) is -0.301. The van der Waals surface area contributed by atoms with E-state index in [0.717, 1.165) is 0 Å². The smallest absolute Gasteiger partial charge is 0.411 e. The molecule has 6 nitrogen and oxygen atoms in total. The quantitative estimate of drug-likeness (QED) is 0.732. The third kappa shape index (κ3) is 4.52. The van der Waals surface area contributed by atoms with Crippen molar-refractivity contribution in [2.75, 3.05) is 24.3 Å². The summed E-state index contributed by atoms with van der Waals surface area (Å²) in [6, 6.07) is 6.75. The van der Waals surface area contributed by atoms with Crippen molar-refractivity contribution in [1.29, 1.82) is 0 Å². The van der Waals surface area contributed by atoms with Crippen molar-refractivity contribution >= 4 is 23.4 Å². The van der Waals surface area contributed by atoms with Gasteiger partial charge >= 0.3 is 6.09 Å². The predicted molar refractivity (Wildman–Crippen MR) is 64.8 cm³/mol. The lowest BCUT2D eigenvalue weighted by atomic mass is 10.2. The first-order valence-electron chi connectivity index (χ1n) is 5.10. The highest BCUT2D eigenvalue weighted by Crippen LogP contribution is 2.15. The van der Waals surface area contributed by atoms with Crippen LogP contribution in [0.2, 0.25) is 0 Å². The van der Waals surface area contributed by atoms with Crippen molar-refractivity contribution in [2.45, 2.75) is 6.42 Å². The molecule has 0 atom stereocenters. The highest BCUT2D eigenvalue weighted by atomic mass is 16.5. The van der Waals surface area contributed by atoms with E-state index >= 15 is 0 Å². The van der Waals surface area contributed by atoms with Gasteiger partial charge in [-0.2, -0.15) is 0 Å². The SMILES string of the molecule is COC(=O)Nc1cccc(NC(=O)CCN)c1. The second-order valence-corrected chi connectivity index (χ2v) is 3.28. The molecule has 0 aromatic heterocycles. The minimum Gasteiger partial charge on any atom is -0.453 e. The van der Waals surface area contributed by atoms with Crippen LogP contribution in [0.5, 0.6) is 0 Å². The molecule has 0 fully saturated rings. The summed E-state index contributed by atoms with van der Waals surface area (Å²) < 4.78 is 4.46. The first-order valence-corrected chi connectivity index (χ1v) is 5.10. The number of methoxy groups -OCH3 is 1. The van der Waals surface area contributed by atoms with Crippen LogP contribution in [0.25, 0.3) is 0 Å². The molecule has 0 aliphatic rings. The Morgan fingerprint density at radius 3 is 2.53 bits per heavy atom. The average Bonchev–Trinajstić information content (AvgIpc) is 2.29. The van der Waals surface area contributed by atoms with Gasteiger partial charge in [-0.15, -0.1) is 0 Å². The van der Waals surface area contributed by atoms with Gasteiger partial charge in [0.05, 0.1) is 7.11 Å². The molecule has 0 aliphatic carbocycles. The second kappa shape index (κ2) is 6.49. The van der Waals surface area contributed by atoms with Crippen LogP contribution >= 0.6 is 0 Å².